The Morgan fingerprint density at radius 1 is 1.44 bits per heavy atom. The molecule has 0 aliphatic heterocycles. The van der Waals surface area contributed by atoms with Crippen LogP contribution < -0.4 is 10.2 Å². The first-order valence-electron chi connectivity index (χ1n) is 6.32. The van der Waals surface area contributed by atoms with Gasteiger partial charge in [0, 0.05) is 20.6 Å². The predicted octanol–water partition coefficient (Wildman–Crippen LogP) is 3.66. The molecule has 0 atom stereocenters. The van der Waals surface area contributed by atoms with E-state index >= 15 is 0 Å². The van der Waals surface area contributed by atoms with Gasteiger partial charge in [-0.15, -0.1) is 0 Å². The molecule has 0 saturated carbocycles. The first kappa shape index (κ1) is 15.5. The van der Waals surface area contributed by atoms with Crippen LogP contribution in [0.3, 0.4) is 0 Å². The van der Waals surface area contributed by atoms with E-state index in [2.05, 4.69) is 30.2 Å². The minimum atomic E-state index is 0.602. The van der Waals surface area contributed by atoms with Gasteiger partial charge >= 0.3 is 0 Å². The van der Waals surface area contributed by atoms with Crippen LogP contribution in [0.5, 0.6) is 0 Å². The van der Waals surface area contributed by atoms with Crippen LogP contribution in [0.15, 0.2) is 5.57 Å². The molecule has 0 unspecified atom stereocenters. The van der Waals surface area contributed by atoms with Gasteiger partial charge in [0.15, 0.2) is 5.13 Å². The van der Waals surface area contributed by atoms with Gasteiger partial charge in [0.1, 0.15) is 5.15 Å². The summed E-state index contributed by atoms with van der Waals surface area (Å²) in [6.07, 6.45) is 4.35. The van der Waals surface area contributed by atoms with E-state index in [4.69, 9.17) is 11.6 Å². The molecule has 0 spiro atoms. The molecule has 5 heteroatoms. The van der Waals surface area contributed by atoms with E-state index in [1.54, 1.807) is 11.3 Å². The monoisotopic (exact) mass is 287 g/mol. The quantitative estimate of drug-likeness (QED) is 0.776. The fourth-order valence-corrected chi connectivity index (χ4v) is 2.64. The number of anilines is 1. The van der Waals surface area contributed by atoms with E-state index in [9.17, 15) is 0 Å². The van der Waals surface area contributed by atoms with E-state index in [1.165, 1.54) is 5.57 Å². The van der Waals surface area contributed by atoms with E-state index < -0.39 is 0 Å². The highest BCUT2D eigenvalue weighted by Crippen LogP contribution is 2.30. The van der Waals surface area contributed by atoms with Crippen LogP contribution in [-0.2, 0) is 0 Å². The Labute approximate surface area is 119 Å². The number of halogens is 1. The molecule has 0 fully saturated rings. The fraction of sp³-hybridized carbons (Fsp3) is 0.615. The molecule has 1 N–H and O–H groups in total. The minimum Gasteiger partial charge on any atom is -0.354 e. The lowest BCUT2D eigenvalue weighted by Crippen LogP contribution is -2.17. The summed E-state index contributed by atoms with van der Waals surface area (Å²) in [5, 5.41) is 4.97. The Morgan fingerprint density at radius 3 is 2.67 bits per heavy atom. The molecule has 0 saturated heterocycles. The summed E-state index contributed by atoms with van der Waals surface area (Å²) < 4.78 is 0. The summed E-state index contributed by atoms with van der Waals surface area (Å²) in [4.78, 5) is 7.37. The molecule has 0 aromatic carbocycles. The molecule has 0 radical (unpaired) electrons. The van der Waals surface area contributed by atoms with Crippen molar-refractivity contribution >= 4 is 34.1 Å². The van der Waals surface area contributed by atoms with Crippen molar-refractivity contribution in [2.75, 3.05) is 32.1 Å². The lowest BCUT2D eigenvalue weighted by atomic mass is 10.2. The SMILES string of the molecule is CCCNCC(=Cc1sc(N(C)C)nc1Cl)CC. The molecule has 0 bridgehead atoms. The largest absolute Gasteiger partial charge is 0.354 e. The van der Waals surface area contributed by atoms with Crippen LogP contribution in [-0.4, -0.2) is 32.2 Å². The molecule has 1 heterocycles. The van der Waals surface area contributed by atoms with Crippen molar-refractivity contribution in [3.63, 3.8) is 0 Å². The molecular formula is C13H22ClN3S. The molecule has 3 nitrogen and oxygen atoms in total. The second-order valence-corrected chi connectivity index (χ2v) is 5.75. The van der Waals surface area contributed by atoms with Crippen molar-refractivity contribution in [2.24, 2.45) is 0 Å². The predicted molar refractivity (Wildman–Crippen MR) is 82.9 cm³/mol. The Morgan fingerprint density at radius 2 is 2.17 bits per heavy atom. The lowest BCUT2D eigenvalue weighted by molar-refractivity contribution is 0.706. The number of rotatable bonds is 7. The average molecular weight is 288 g/mol. The van der Waals surface area contributed by atoms with Crippen LogP contribution in [0.2, 0.25) is 5.15 Å². The molecule has 102 valence electrons. The molecule has 0 aliphatic carbocycles. The third-order valence-electron chi connectivity index (χ3n) is 2.55. The highest BCUT2D eigenvalue weighted by Gasteiger charge is 2.09. The van der Waals surface area contributed by atoms with Gasteiger partial charge in [0.2, 0.25) is 0 Å². The number of aromatic nitrogens is 1. The number of hydrogen-bond acceptors (Lipinski definition) is 4. The summed E-state index contributed by atoms with van der Waals surface area (Å²) >= 11 is 7.79. The maximum atomic E-state index is 6.16. The van der Waals surface area contributed by atoms with Crippen molar-refractivity contribution < 1.29 is 0 Å². The third kappa shape index (κ3) is 4.59. The van der Waals surface area contributed by atoms with E-state index in [1.807, 2.05) is 19.0 Å². The van der Waals surface area contributed by atoms with Crippen LogP contribution in [0.4, 0.5) is 5.13 Å². The zero-order valence-electron chi connectivity index (χ0n) is 11.6. The van der Waals surface area contributed by atoms with Crippen molar-refractivity contribution in [2.45, 2.75) is 26.7 Å². The standard InChI is InChI=1S/C13H22ClN3S/c1-5-7-15-9-10(6-2)8-11-12(14)16-13(18-11)17(3)4/h8,15H,5-7,9H2,1-4H3. The van der Waals surface area contributed by atoms with Gasteiger partial charge in [0.05, 0.1) is 4.88 Å². The fourth-order valence-electron chi connectivity index (χ4n) is 1.47. The van der Waals surface area contributed by atoms with Gasteiger partial charge < -0.3 is 10.2 Å². The van der Waals surface area contributed by atoms with Crippen molar-refractivity contribution in [3.8, 4) is 0 Å². The van der Waals surface area contributed by atoms with Gasteiger partial charge in [-0.3, -0.25) is 0 Å². The summed E-state index contributed by atoms with van der Waals surface area (Å²) in [5.41, 5.74) is 1.36. The van der Waals surface area contributed by atoms with Gasteiger partial charge in [0.25, 0.3) is 0 Å². The first-order chi connectivity index (χ1) is 8.58. The Hall–Kier alpha value is -0.580. The summed E-state index contributed by atoms with van der Waals surface area (Å²) in [7, 11) is 3.96. The highest BCUT2D eigenvalue weighted by molar-refractivity contribution is 7.17. The van der Waals surface area contributed by atoms with Gasteiger partial charge in [-0.2, -0.15) is 0 Å². The molecule has 0 aliphatic rings. The van der Waals surface area contributed by atoms with E-state index in [0.717, 1.165) is 35.9 Å². The third-order valence-corrected chi connectivity index (χ3v) is 4.12. The molecule has 18 heavy (non-hydrogen) atoms. The molecule has 1 aromatic rings. The normalized spacial score (nSPS) is 11.9. The Balaban J connectivity index is 2.78. The highest BCUT2D eigenvalue weighted by atomic mass is 35.5. The second-order valence-electron chi connectivity index (χ2n) is 4.38. The smallest absolute Gasteiger partial charge is 0.186 e. The van der Waals surface area contributed by atoms with Crippen molar-refractivity contribution in [1.82, 2.24) is 10.3 Å². The topological polar surface area (TPSA) is 28.2 Å². The minimum absolute atomic E-state index is 0.602. The van der Waals surface area contributed by atoms with E-state index in [-0.39, 0.29) is 0 Å². The number of hydrogen-bond donors (Lipinski definition) is 1. The second kappa shape index (κ2) is 7.77. The molecular weight excluding hydrogens is 266 g/mol. The molecule has 1 aromatic heterocycles. The van der Waals surface area contributed by atoms with Gasteiger partial charge in [-0.05, 0) is 25.5 Å². The number of nitrogens with zero attached hydrogens (tertiary/aromatic N) is 2. The van der Waals surface area contributed by atoms with Gasteiger partial charge in [-0.25, -0.2) is 4.98 Å². The Kier molecular flexibility index (Phi) is 6.68. The lowest BCUT2D eigenvalue weighted by Gasteiger charge is -2.06. The van der Waals surface area contributed by atoms with Crippen LogP contribution in [0.25, 0.3) is 6.08 Å². The molecule has 1 rings (SSSR count). The van der Waals surface area contributed by atoms with Crippen molar-refractivity contribution in [3.05, 3.63) is 15.6 Å². The zero-order valence-corrected chi connectivity index (χ0v) is 13.2. The summed E-state index contributed by atoms with van der Waals surface area (Å²) in [6.45, 7) is 6.32. The number of nitrogens with one attached hydrogen (secondary N) is 1. The van der Waals surface area contributed by atoms with Crippen LogP contribution in [0.1, 0.15) is 31.6 Å². The van der Waals surface area contributed by atoms with E-state index in [0.29, 0.717) is 5.15 Å². The maximum Gasteiger partial charge on any atom is 0.186 e. The maximum absolute atomic E-state index is 6.16. The average Bonchev–Trinajstić information content (AvgIpc) is 2.70. The number of thiazole rings is 1. The Bertz CT molecular complexity index is 399. The zero-order chi connectivity index (χ0) is 13.5. The summed E-state index contributed by atoms with van der Waals surface area (Å²) in [5.74, 6) is 0. The molecule has 0 amide bonds. The summed E-state index contributed by atoms with van der Waals surface area (Å²) in [6, 6.07) is 0. The first-order valence-corrected chi connectivity index (χ1v) is 7.51. The van der Waals surface area contributed by atoms with Crippen LogP contribution >= 0.6 is 22.9 Å². The van der Waals surface area contributed by atoms with Crippen LogP contribution in [0, 0.1) is 0 Å². The van der Waals surface area contributed by atoms with Crippen molar-refractivity contribution in [1.29, 1.82) is 0 Å². The van der Waals surface area contributed by atoms with Gasteiger partial charge in [-0.1, -0.05) is 42.4 Å².